The van der Waals surface area contributed by atoms with E-state index < -0.39 is 12.3 Å². The monoisotopic (exact) mass is 332 g/mol. The number of urea groups is 1. The van der Waals surface area contributed by atoms with E-state index in [4.69, 9.17) is 14.2 Å². The van der Waals surface area contributed by atoms with Crippen LogP contribution in [0.2, 0.25) is 0 Å². The van der Waals surface area contributed by atoms with Gasteiger partial charge in [-0.05, 0) is 43.3 Å². The molecular weight excluding hydrogens is 312 g/mol. The second-order valence-electron chi connectivity index (χ2n) is 4.92. The molecule has 0 aliphatic rings. The molecule has 0 saturated heterocycles. The Labute approximate surface area is 140 Å². The van der Waals surface area contributed by atoms with Crippen LogP contribution in [0.25, 0.3) is 0 Å². The van der Waals surface area contributed by atoms with E-state index in [1.54, 1.807) is 44.4 Å². The number of aromatic hydroxyl groups is 1. The van der Waals surface area contributed by atoms with E-state index >= 15 is 0 Å². The molecule has 2 amide bonds. The minimum absolute atomic E-state index is 0.146. The molecular formula is C17H20N2O5. The summed E-state index contributed by atoms with van der Waals surface area (Å²) in [6.07, 6.45) is -0.571. The van der Waals surface area contributed by atoms with E-state index in [1.165, 1.54) is 19.2 Å². The molecule has 0 aliphatic heterocycles. The van der Waals surface area contributed by atoms with Crippen molar-refractivity contribution in [1.82, 2.24) is 5.32 Å². The van der Waals surface area contributed by atoms with Crippen LogP contribution >= 0.6 is 0 Å². The second-order valence-corrected chi connectivity index (χ2v) is 4.92. The molecule has 0 heterocycles. The van der Waals surface area contributed by atoms with Crippen LogP contribution in [0.3, 0.4) is 0 Å². The van der Waals surface area contributed by atoms with Crippen LogP contribution in [0.5, 0.6) is 23.0 Å². The molecule has 24 heavy (non-hydrogen) atoms. The van der Waals surface area contributed by atoms with Crippen LogP contribution in [0, 0.1) is 0 Å². The van der Waals surface area contributed by atoms with E-state index in [0.29, 0.717) is 22.9 Å². The maximum Gasteiger partial charge on any atom is 0.322 e. The molecule has 2 rings (SSSR count). The number of carbonyl (C=O) groups is 1. The molecule has 0 saturated carbocycles. The third-order valence-electron chi connectivity index (χ3n) is 3.14. The quantitative estimate of drug-likeness (QED) is 0.708. The average Bonchev–Trinajstić information content (AvgIpc) is 2.57. The third-order valence-corrected chi connectivity index (χ3v) is 3.14. The van der Waals surface area contributed by atoms with E-state index in [2.05, 4.69) is 10.6 Å². The summed E-state index contributed by atoms with van der Waals surface area (Å²) >= 11 is 0. The first-order valence-corrected chi connectivity index (χ1v) is 7.27. The molecule has 0 radical (unpaired) electrons. The lowest BCUT2D eigenvalue weighted by atomic mass is 10.2. The topological polar surface area (TPSA) is 89.1 Å². The molecule has 2 aromatic carbocycles. The highest BCUT2D eigenvalue weighted by molar-refractivity contribution is 5.91. The first-order chi connectivity index (χ1) is 11.5. The maximum absolute atomic E-state index is 12.1. The fraction of sp³-hybridized carbons (Fsp3) is 0.235. The highest BCUT2D eigenvalue weighted by atomic mass is 16.5. The van der Waals surface area contributed by atoms with Crippen molar-refractivity contribution in [3.8, 4) is 23.0 Å². The van der Waals surface area contributed by atoms with Gasteiger partial charge >= 0.3 is 6.03 Å². The van der Waals surface area contributed by atoms with Crippen molar-refractivity contribution in [3.63, 3.8) is 0 Å². The van der Waals surface area contributed by atoms with Crippen LogP contribution in [0.15, 0.2) is 42.5 Å². The number of methoxy groups -OCH3 is 2. The molecule has 7 heteroatoms. The number of phenols is 1. The lowest BCUT2D eigenvalue weighted by Gasteiger charge is -2.17. The summed E-state index contributed by atoms with van der Waals surface area (Å²) in [5.74, 6) is 1.79. The second kappa shape index (κ2) is 7.96. The summed E-state index contributed by atoms with van der Waals surface area (Å²) < 4.78 is 15.9. The lowest BCUT2D eigenvalue weighted by Crippen LogP contribution is -2.39. The number of carbonyl (C=O) groups excluding carboxylic acids is 1. The number of rotatable bonds is 6. The van der Waals surface area contributed by atoms with Crippen molar-refractivity contribution < 1.29 is 24.1 Å². The number of nitrogens with one attached hydrogen (secondary N) is 2. The molecule has 3 N–H and O–H groups in total. The van der Waals surface area contributed by atoms with Crippen LogP contribution < -0.4 is 24.8 Å². The van der Waals surface area contributed by atoms with Crippen molar-refractivity contribution in [2.24, 2.45) is 0 Å². The van der Waals surface area contributed by atoms with Gasteiger partial charge in [0.25, 0.3) is 0 Å². The van der Waals surface area contributed by atoms with Crippen molar-refractivity contribution in [2.45, 2.75) is 13.2 Å². The van der Waals surface area contributed by atoms with Gasteiger partial charge in [-0.2, -0.15) is 0 Å². The molecule has 0 bridgehead atoms. The molecule has 0 aliphatic carbocycles. The largest absolute Gasteiger partial charge is 0.508 e. The molecule has 128 valence electrons. The van der Waals surface area contributed by atoms with Gasteiger partial charge in [0.15, 0.2) is 6.23 Å². The number of benzene rings is 2. The Kier molecular flexibility index (Phi) is 5.73. The van der Waals surface area contributed by atoms with Crippen LogP contribution in [-0.4, -0.2) is 31.6 Å². The summed E-state index contributed by atoms with van der Waals surface area (Å²) in [5.41, 5.74) is 0.507. The first kappa shape index (κ1) is 17.3. The van der Waals surface area contributed by atoms with Gasteiger partial charge in [0.2, 0.25) is 0 Å². The molecule has 2 aromatic rings. The zero-order valence-corrected chi connectivity index (χ0v) is 13.7. The Morgan fingerprint density at radius 1 is 1.04 bits per heavy atom. The SMILES string of the molecule is COc1ccc(NC(=O)NC(C)Oc2ccc(O)cc2)c(OC)c1. The van der Waals surface area contributed by atoms with E-state index in [-0.39, 0.29) is 5.75 Å². The number of ether oxygens (including phenoxy) is 3. The van der Waals surface area contributed by atoms with Gasteiger partial charge in [-0.1, -0.05) is 0 Å². The summed E-state index contributed by atoms with van der Waals surface area (Å²) in [7, 11) is 3.06. The minimum Gasteiger partial charge on any atom is -0.508 e. The Morgan fingerprint density at radius 2 is 1.71 bits per heavy atom. The van der Waals surface area contributed by atoms with Crippen LogP contribution in [0.4, 0.5) is 10.5 Å². The van der Waals surface area contributed by atoms with Gasteiger partial charge in [-0.15, -0.1) is 0 Å². The van der Waals surface area contributed by atoms with Crippen molar-refractivity contribution in [1.29, 1.82) is 0 Å². The summed E-state index contributed by atoms with van der Waals surface area (Å²) in [6.45, 7) is 1.69. The number of amides is 2. The zero-order chi connectivity index (χ0) is 17.5. The van der Waals surface area contributed by atoms with Gasteiger partial charge in [0.1, 0.15) is 23.0 Å². The zero-order valence-electron chi connectivity index (χ0n) is 13.7. The van der Waals surface area contributed by atoms with Crippen molar-refractivity contribution >= 4 is 11.7 Å². The third kappa shape index (κ3) is 4.70. The van der Waals surface area contributed by atoms with Gasteiger partial charge in [-0.3, -0.25) is 0 Å². The number of hydrogen-bond acceptors (Lipinski definition) is 5. The number of phenolic OH excluding ortho intramolecular Hbond substituents is 1. The summed E-state index contributed by atoms with van der Waals surface area (Å²) in [6, 6.07) is 10.9. The van der Waals surface area contributed by atoms with Gasteiger partial charge in [0, 0.05) is 6.07 Å². The van der Waals surface area contributed by atoms with Gasteiger partial charge in [-0.25, -0.2) is 4.79 Å². The Balaban J connectivity index is 1.93. The van der Waals surface area contributed by atoms with Crippen LogP contribution in [-0.2, 0) is 0 Å². The van der Waals surface area contributed by atoms with Gasteiger partial charge < -0.3 is 30.0 Å². The van der Waals surface area contributed by atoms with E-state index in [0.717, 1.165) is 0 Å². The highest BCUT2D eigenvalue weighted by Crippen LogP contribution is 2.28. The Morgan fingerprint density at radius 3 is 2.33 bits per heavy atom. The fourth-order valence-corrected chi connectivity index (χ4v) is 2.00. The fourth-order valence-electron chi connectivity index (χ4n) is 2.00. The predicted molar refractivity (Wildman–Crippen MR) is 89.9 cm³/mol. The smallest absolute Gasteiger partial charge is 0.322 e. The number of hydrogen-bond donors (Lipinski definition) is 3. The summed E-state index contributed by atoms with van der Waals surface area (Å²) in [4.78, 5) is 12.1. The maximum atomic E-state index is 12.1. The van der Waals surface area contributed by atoms with E-state index in [9.17, 15) is 9.90 Å². The highest BCUT2D eigenvalue weighted by Gasteiger charge is 2.12. The van der Waals surface area contributed by atoms with Crippen molar-refractivity contribution in [2.75, 3.05) is 19.5 Å². The molecule has 1 atom stereocenters. The molecule has 0 aromatic heterocycles. The summed E-state index contributed by atoms with van der Waals surface area (Å²) in [5, 5.41) is 14.6. The van der Waals surface area contributed by atoms with Gasteiger partial charge in [0.05, 0.1) is 19.9 Å². The predicted octanol–water partition coefficient (Wildman–Crippen LogP) is 2.96. The molecule has 1 unspecified atom stereocenters. The lowest BCUT2D eigenvalue weighted by molar-refractivity contribution is 0.183. The normalized spacial score (nSPS) is 11.3. The molecule has 0 fully saturated rings. The van der Waals surface area contributed by atoms with E-state index in [1.807, 2.05) is 0 Å². The average molecular weight is 332 g/mol. The first-order valence-electron chi connectivity index (χ1n) is 7.27. The molecule has 0 spiro atoms. The Hall–Kier alpha value is -3.09. The minimum atomic E-state index is -0.571. The molecule has 7 nitrogen and oxygen atoms in total. The number of anilines is 1. The van der Waals surface area contributed by atoms with Crippen LogP contribution in [0.1, 0.15) is 6.92 Å². The standard InChI is InChI=1S/C17H20N2O5/c1-11(24-13-6-4-12(20)5-7-13)18-17(21)19-15-9-8-14(22-2)10-16(15)23-3/h4-11,20H,1-3H3,(H2,18,19,21). The van der Waals surface area contributed by atoms with Crippen molar-refractivity contribution in [3.05, 3.63) is 42.5 Å². The Bertz CT molecular complexity index is 688.